The fourth-order valence-electron chi connectivity index (χ4n) is 1.13. The molecule has 0 saturated heterocycles. The summed E-state index contributed by atoms with van der Waals surface area (Å²) >= 11 is 0. The van der Waals surface area contributed by atoms with E-state index in [1.54, 1.807) is 6.92 Å². The van der Waals surface area contributed by atoms with Crippen molar-refractivity contribution in [1.82, 2.24) is 0 Å². The molecule has 0 amide bonds. The number of ether oxygens (including phenoxy) is 1. The van der Waals surface area contributed by atoms with Gasteiger partial charge < -0.3 is 9.84 Å². The standard InChI is InChI=1S/C10H13FO2/c1-3-13-10-6-8(11)4-5-9(10)7(2)12/h4-7,12H,3H2,1-2H3/t7-/m1/s1. The second-order valence-corrected chi connectivity index (χ2v) is 2.79. The van der Waals surface area contributed by atoms with Crippen molar-refractivity contribution in [3.63, 3.8) is 0 Å². The Morgan fingerprint density at radius 3 is 2.77 bits per heavy atom. The molecular weight excluding hydrogens is 171 g/mol. The third-order valence-electron chi connectivity index (χ3n) is 1.73. The molecule has 1 atom stereocenters. The van der Waals surface area contributed by atoms with Gasteiger partial charge in [-0.05, 0) is 26.0 Å². The number of rotatable bonds is 3. The lowest BCUT2D eigenvalue weighted by Gasteiger charge is -2.11. The summed E-state index contributed by atoms with van der Waals surface area (Å²) in [6, 6.07) is 4.13. The van der Waals surface area contributed by atoms with Crippen molar-refractivity contribution in [3.8, 4) is 5.75 Å². The second-order valence-electron chi connectivity index (χ2n) is 2.79. The Morgan fingerprint density at radius 1 is 1.54 bits per heavy atom. The minimum atomic E-state index is -0.637. The maximum absolute atomic E-state index is 12.8. The molecule has 1 rings (SSSR count). The summed E-state index contributed by atoms with van der Waals surface area (Å²) in [5.41, 5.74) is 0.614. The first-order valence-corrected chi connectivity index (χ1v) is 4.25. The molecule has 0 aliphatic carbocycles. The first-order chi connectivity index (χ1) is 6.15. The summed E-state index contributed by atoms with van der Waals surface area (Å²) in [5, 5.41) is 9.32. The van der Waals surface area contributed by atoms with Crippen LogP contribution in [0.15, 0.2) is 18.2 Å². The third kappa shape index (κ3) is 2.42. The highest BCUT2D eigenvalue weighted by molar-refractivity contribution is 5.35. The smallest absolute Gasteiger partial charge is 0.127 e. The van der Waals surface area contributed by atoms with E-state index in [-0.39, 0.29) is 5.82 Å². The Hall–Kier alpha value is -1.09. The number of aliphatic hydroxyl groups excluding tert-OH is 1. The Morgan fingerprint density at radius 2 is 2.23 bits per heavy atom. The van der Waals surface area contributed by atoms with Crippen molar-refractivity contribution in [2.75, 3.05) is 6.61 Å². The van der Waals surface area contributed by atoms with E-state index in [0.717, 1.165) is 0 Å². The largest absolute Gasteiger partial charge is 0.493 e. The zero-order valence-corrected chi connectivity index (χ0v) is 7.75. The molecule has 0 aliphatic heterocycles. The number of benzene rings is 1. The maximum atomic E-state index is 12.8. The van der Waals surface area contributed by atoms with Crippen LogP contribution in [0.25, 0.3) is 0 Å². The van der Waals surface area contributed by atoms with Crippen molar-refractivity contribution in [2.45, 2.75) is 20.0 Å². The molecule has 3 heteroatoms. The van der Waals surface area contributed by atoms with Gasteiger partial charge in [-0.2, -0.15) is 0 Å². The molecule has 72 valence electrons. The van der Waals surface area contributed by atoms with Crippen LogP contribution in [0.3, 0.4) is 0 Å². The van der Waals surface area contributed by atoms with Gasteiger partial charge >= 0.3 is 0 Å². The van der Waals surface area contributed by atoms with Crippen LogP contribution in [0.4, 0.5) is 4.39 Å². The number of hydrogen-bond acceptors (Lipinski definition) is 2. The van der Waals surface area contributed by atoms with Crippen molar-refractivity contribution in [2.24, 2.45) is 0 Å². The summed E-state index contributed by atoms with van der Waals surface area (Å²) < 4.78 is 18.0. The van der Waals surface area contributed by atoms with Gasteiger partial charge in [-0.25, -0.2) is 4.39 Å². The van der Waals surface area contributed by atoms with Crippen LogP contribution >= 0.6 is 0 Å². The van der Waals surface area contributed by atoms with E-state index < -0.39 is 6.10 Å². The Labute approximate surface area is 77.0 Å². The topological polar surface area (TPSA) is 29.5 Å². The molecule has 0 unspecified atom stereocenters. The van der Waals surface area contributed by atoms with Gasteiger partial charge in [0, 0.05) is 11.6 Å². The Bertz CT molecular complexity index is 284. The Kier molecular flexibility index (Phi) is 3.25. The van der Waals surface area contributed by atoms with Gasteiger partial charge in [0.25, 0.3) is 0 Å². The maximum Gasteiger partial charge on any atom is 0.127 e. The Balaban J connectivity index is 3.03. The van der Waals surface area contributed by atoms with Crippen LogP contribution in [0, 0.1) is 5.82 Å². The van der Waals surface area contributed by atoms with Gasteiger partial charge in [0.2, 0.25) is 0 Å². The predicted octanol–water partition coefficient (Wildman–Crippen LogP) is 2.28. The summed E-state index contributed by atoms with van der Waals surface area (Å²) in [6.07, 6.45) is -0.637. The summed E-state index contributed by atoms with van der Waals surface area (Å²) in [5.74, 6) is 0.0605. The zero-order chi connectivity index (χ0) is 9.84. The van der Waals surface area contributed by atoms with E-state index in [1.165, 1.54) is 18.2 Å². The molecule has 0 heterocycles. The van der Waals surface area contributed by atoms with Crippen molar-refractivity contribution in [1.29, 1.82) is 0 Å². The molecule has 0 aliphatic rings. The SMILES string of the molecule is CCOc1cc(F)ccc1[C@@H](C)O. The van der Waals surface area contributed by atoms with Gasteiger partial charge in [0.1, 0.15) is 11.6 Å². The number of aliphatic hydroxyl groups is 1. The van der Waals surface area contributed by atoms with E-state index in [1.807, 2.05) is 6.92 Å². The molecule has 0 radical (unpaired) electrons. The quantitative estimate of drug-likeness (QED) is 0.780. The van der Waals surface area contributed by atoms with Crippen molar-refractivity contribution < 1.29 is 14.2 Å². The van der Waals surface area contributed by atoms with Crippen LogP contribution in [0.1, 0.15) is 25.5 Å². The highest BCUT2D eigenvalue weighted by Gasteiger charge is 2.09. The van der Waals surface area contributed by atoms with Crippen LogP contribution in [0.5, 0.6) is 5.75 Å². The van der Waals surface area contributed by atoms with Gasteiger partial charge in [0.15, 0.2) is 0 Å². The fourth-order valence-corrected chi connectivity index (χ4v) is 1.13. The highest BCUT2D eigenvalue weighted by atomic mass is 19.1. The predicted molar refractivity (Wildman–Crippen MR) is 48.2 cm³/mol. The second kappa shape index (κ2) is 4.23. The average molecular weight is 184 g/mol. The molecule has 2 nitrogen and oxygen atoms in total. The molecule has 0 fully saturated rings. The lowest BCUT2D eigenvalue weighted by atomic mass is 10.1. The van der Waals surface area contributed by atoms with Gasteiger partial charge in [-0.3, -0.25) is 0 Å². The monoisotopic (exact) mass is 184 g/mol. The van der Waals surface area contributed by atoms with E-state index in [9.17, 15) is 9.50 Å². The van der Waals surface area contributed by atoms with E-state index >= 15 is 0 Å². The first-order valence-electron chi connectivity index (χ1n) is 4.25. The van der Waals surface area contributed by atoms with Crippen LogP contribution in [-0.2, 0) is 0 Å². The van der Waals surface area contributed by atoms with E-state index in [0.29, 0.717) is 17.9 Å². The van der Waals surface area contributed by atoms with Gasteiger partial charge in [-0.15, -0.1) is 0 Å². The molecular formula is C10H13FO2. The van der Waals surface area contributed by atoms with Crippen LogP contribution < -0.4 is 4.74 Å². The molecule has 0 aromatic heterocycles. The van der Waals surface area contributed by atoms with Crippen LogP contribution in [0.2, 0.25) is 0 Å². The molecule has 0 spiro atoms. The van der Waals surface area contributed by atoms with Crippen molar-refractivity contribution >= 4 is 0 Å². The first kappa shape index (κ1) is 9.99. The highest BCUT2D eigenvalue weighted by Crippen LogP contribution is 2.25. The summed E-state index contributed by atoms with van der Waals surface area (Å²) in [6.45, 7) is 3.90. The van der Waals surface area contributed by atoms with E-state index in [2.05, 4.69) is 0 Å². The van der Waals surface area contributed by atoms with Crippen LogP contribution in [-0.4, -0.2) is 11.7 Å². The molecule has 0 saturated carbocycles. The molecule has 1 aromatic rings. The molecule has 1 aromatic carbocycles. The zero-order valence-electron chi connectivity index (χ0n) is 7.75. The number of hydrogen-bond donors (Lipinski definition) is 1. The lowest BCUT2D eigenvalue weighted by molar-refractivity contribution is 0.192. The van der Waals surface area contributed by atoms with Gasteiger partial charge in [-0.1, -0.05) is 0 Å². The summed E-state index contributed by atoms with van der Waals surface area (Å²) in [7, 11) is 0. The minimum Gasteiger partial charge on any atom is -0.493 e. The van der Waals surface area contributed by atoms with E-state index in [4.69, 9.17) is 4.74 Å². The lowest BCUT2D eigenvalue weighted by Crippen LogP contribution is -2.00. The molecule has 1 N–H and O–H groups in total. The van der Waals surface area contributed by atoms with Gasteiger partial charge in [0.05, 0.1) is 12.7 Å². The minimum absolute atomic E-state index is 0.354. The fraction of sp³-hybridized carbons (Fsp3) is 0.400. The van der Waals surface area contributed by atoms with Crippen molar-refractivity contribution in [3.05, 3.63) is 29.6 Å². The third-order valence-corrected chi connectivity index (χ3v) is 1.73. The summed E-state index contributed by atoms with van der Waals surface area (Å²) in [4.78, 5) is 0. The molecule has 13 heavy (non-hydrogen) atoms. The normalized spacial score (nSPS) is 12.6. The average Bonchev–Trinajstić information content (AvgIpc) is 2.04. The number of halogens is 1. The molecule has 0 bridgehead atoms.